The predicted octanol–water partition coefficient (Wildman–Crippen LogP) is 5.24. The number of carbonyl (C=O) groups excluding carboxylic acids is 1. The third-order valence-electron chi connectivity index (χ3n) is 5.73. The summed E-state index contributed by atoms with van der Waals surface area (Å²) in [4.78, 5) is 13.2. The Morgan fingerprint density at radius 2 is 1.61 bits per heavy atom. The summed E-state index contributed by atoms with van der Waals surface area (Å²) in [6.45, 7) is 7.74. The summed E-state index contributed by atoms with van der Waals surface area (Å²) in [5.41, 5.74) is 5.73. The van der Waals surface area contributed by atoms with Crippen molar-refractivity contribution in [2.75, 3.05) is 16.2 Å². The molecule has 0 saturated carbocycles. The van der Waals surface area contributed by atoms with E-state index in [-0.39, 0.29) is 17.3 Å². The standard InChI is InChI=1S/C25H26N2O3S/c1-16(2)19-12-13-22-21(14-19)20-10-5-6-11-23(20)31(29,30)27(22)15-24(28)26-25-17(3)8-7-9-18(25)4/h5-14,16H,15H2,1-4H3,(H,26,28). The maximum Gasteiger partial charge on any atom is 0.265 e. The van der Waals surface area contributed by atoms with Gasteiger partial charge < -0.3 is 5.32 Å². The molecule has 0 radical (unpaired) electrons. The van der Waals surface area contributed by atoms with E-state index in [1.54, 1.807) is 12.1 Å². The first-order valence-electron chi connectivity index (χ1n) is 10.3. The van der Waals surface area contributed by atoms with Gasteiger partial charge in [-0.05, 0) is 54.7 Å². The minimum atomic E-state index is -3.86. The number of para-hydroxylation sites is 1. The van der Waals surface area contributed by atoms with Crippen LogP contribution >= 0.6 is 0 Å². The summed E-state index contributed by atoms with van der Waals surface area (Å²) in [5, 5.41) is 2.90. The lowest BCUT2D eigenvalue weighted by Gasteiger charge is -2.32. The Morgan fingerprint density at radius 1 is 0.935 bits per heavy atom. The van der Waals surface area contributed by atoms with Crippen LogP contribution in [0.2, 0.25) is 0 Å². The zero-order chi connectivity index (χ0) is 22.3. The molecule has 0 spiro atoms. The Kier molecular flexibility index (Phi) is 5.35. The van der Waals surface area contributed by atoms with E-state index in [0.717, 1.165) is 27.9 Å². The van der Waals surface area contributed by atoms with E-state index in [1.807, 2.05) is 62.4 Å². The fourth-order valence-electron chi connectivity index (χ4n) is 4.00. The molecule has 1 aliphatic rings. The van der Waals surface area contributed by atoms with E-state index >= 15 is 0 Å². The van der Waals surface area contributed by atoms with E-state index in [4.69, 9.17) is 0 Å². The Morgan fingerprint density at radius 3 is 2.29 bits per heavy atom. The van der Waals surface area contributed by atoms with Crippen molar-refractivity contribution in [2.45, 2.75) is 38.5 Å². The van der Waals surface area contributed by atoms with Gasteiger partial charge in [0.05, 0.1) is 10.6 Å². The molecule has 6 heteroatoms. The summed E-state index contributed by atoms with van der Waals surface area (Å²) < 4.78 is 28.1. The average molecular weight is 435 g/mol. The molecule has 0 aliphatic carbocycles. The highest BCUT2D eigenvalue weighted by atomic mass is 32.2. The topological polar surface area (TPSA) is 66.5 Å². The zero-order valence-electron chi connectivity index (χ0n) is 18.1. The summed E-state index contributed by atoms with van der Waals surface area (Å²) in [6.07, 6.45) is 0. The van der Waals surface area contributed by atoms with Crippen LogP contribution in [-0.4, -0.2) is 20.9 Å². The molecular formula is C25H26N2O3S. The Hall–Kier alpha value is -3.12. The number of benzene rings is 3. The van der Waals surface area contributed by atoms with Gasteiger partial charge in [0.25, 0.3) is 10.0 Å². The highest BCUT2D eigenvalue weighted by Crippen LogP contribution is 2.44. The lowest BCUT2D eigenvalue weighted by atomic mass is 9.95. The second-order valence-electron chi connectivity index (χ2n) is 8.25. The van der Waals surface area contributed by atoms with Gasteiger partial charge in [-0.15, -0.1) is 0 Å². The molecule has 1 aliphatic heterocycles. The van der Waals surface area contributed by atoms with Crippen LogP contribution in [0.3, 0.4) is 0 Å². The van der Waals surface area contributed by atoms with Crippen LogP contribution in [0.1, 0.15) is 36.5 Å². The van der Waals surface area contributed by atoms with E-state index in [0.29, 0.717) is 17.2 Å². The molecular weight excluding hydrogens is 408 g/mol. The Bertz CT molecular complexity index is 1260. The number of nitrogens with zero attached hydrogens (tertiary/aromatic N) is 1. The number of hydrogen-bond donors (Lipinski definition) is 1. The number of amides is 1. The normalized spacial score (nSPS) is 14.2. The van der Waals surface area contributed by atoms with Crippen molar-refractivity contribution >= 4 is 27.3 Å². The summed E-state index contributed by atoms with van der Waals surface area (Å²) in [6, 6.07) is 18.5. The Labute approximate surface area is 183 Å². The molecule has 5 nitrogen and oxygen atoms in total. The summed E-state index contributed by atoms with van der Waals surface area (Å²) in [5.74, 6) is -0.0731. The second-order valence-corrected chi connectivity index (χ2v) is 10.1. The molecule has 3 aromatic carbocycles. The van der Waals surface area contributed by atoms with Gasteiger partial charge in [0, 0.05) is 16.8 Å². The minimum absolute atomic E-state index is 0.225. The van der Waals surface area contributed by atoms with Crippen LogP contribution in [-0.2, 0) is 14.8 Å². The van der Waals surface area contributed by atoms with Gasteiger partial charge >= 0.3 is 0 Å². The van der Waals surface area contributed by atoms with Gasteiger partial charge in [-0.1, -0.05) is 56.3 Å². The third-order valence-corrected chi connectivity index (χ3v) is 7.55. The van der Waals surface area contributed by atoms with E-state index in [2.05, 4.69) is 19.2 Å². The zero-order valence-corrected chi connectivity index (χ0v) is 19.0. The molecule has 0 saturated heterocycles. The van der Waals surface area contributed by atoms with Crippen molar-refractivity contribution in [3.05, 3.63) is 77.4 Å². The van der Waals surface area contributed by atoms with E-state index < -0.39 is 10.0 Å². The van der Waals surface area contributed by atoms with Crippen molar-refractivity contribution in [2.24, 2.45) is 0 Å². The number of hydrogen-bond acceptors (Lipinski definition) is 3. The largest absolute Gasteiger partial charge is 0.324 e. The number of nitrogens with one attached hydrogen (secondary N) is 1. The van der Waals surface area contributed by atoms with Gasteiger partial charge in [-0.2, -0.15) is 0 Å². The van der Waals surface area contributed by atoms with Gasteiger partial charge in [-0.25, -0.2) is 8.42 Å². The fourth-order valence-corrected chi connectivity index (χ4v) is 5.65. The smallest absolute Gasteiger partial charge is 0.265 e. The minimum Gasteiger partial charge on any atom is -0.324 e. The van der Waals surface area contributed by atoms with Crippen LogP contribution in [0.15, 0.2) is 65.6 Å². The van der Waals surface area contributed by atoms with Crippen molar-refractivity contribution in [3.8, 4) is 11.1 Å². The number of anilines is 2. The highest BCUT2D eigenvalue weighted by Gasteiger charge is 2.36. The van der Waals surface area contributed by atoms with Crippen LogP contribution in [0.25, 0.3) is 11.1 Å². The lowest BCUT2D eigenvalue weighted by Crippen LogP contribution is -2.40. The van der Waals surface area contributed by atoms with Crippen molar-refractivity contribution in [3.63, 3.8) is 0 Å². The molecule has 4 rings (SSSR count). The number of carbonyl (C=O) groups is 1. The van der Waals surface area contributed by atoms with Crippen LogP contribution in [0, 0.1) is 13.8 Å². The molecule has 3 aromatic rings. The van der Waals surface area contributed by atoms with Gasteiger partial charge in [-0.3, -0.25) is 9.10 Å². The molecule has 0 fully saturated rings. The first kappa shape index (κ1) is 21.1. The molecule has 0 unspecified atom stereocenters. The number of fused-ring (bicyclic) bond motifs is 3. The molecule has 1 N–H and O–H groups in total. The molecule has 0 bridgehead atoms. The van der Waals surface area contributed by atoms with Crippen molar-refractivity contribution in [1.29, 1.82) is 0 Å². The van der Waals surface area contributed by atoms with Gasteiger partial charge in [0.2, 0.25) is 5.91 Å². The molecule has 160 valence electrons. The van der Waals surface area contributed by atoms with E-state index in [1.165, 1.54) is 4.31 Å². The van der Waals surface area contributed by atoms with Crippen molar-refractivity contribution < 1.29 is 13.2 Å². The van der Waals surface area contributed by atoms with Crippen molar-refractivity contribution in [1.82, 2.24) is 0 Å². The highest BCUT2D eigenvalue weighted by molar-refractivity contribution is 7.93. The van der Waals surface area contributed by atoms with Gasteiger partial charge in [0.15, 0.2) is 0 Å². The first-order valence-corrected chi connectivity index (χ1v) is 11.8. The fraction of sp³-hybridized carbons (Fsp3) is 0.240. The van der Waals surface area contributed by atoms with Crippen LogP contribution in [0.5, 0.6) is 0 Å². The van der Waals surface area contributed by atoms with E-state index in [9.17, 15) is 13.2 Å². The summed E-state index contributed by atoms with van der Waals surface area (Å²) >= 11 is 0. The molecule has 1 amide bonds. The van der Waals surface area contributed by atoms with Crippen LogP contribution in [0.4, 0.5) is 11.4 Å². The number of rotatable bonds is 4. The van der Waals surface area contributed by atoms with Crippen LogP contribution < -0.4 is 9.62 Å². The number of sulfonamides is 1. The maximum absolute atomic E-state index is 13.5. The first-order chi connectivity index (χ1) is 14.7. The predicted molar refractivity (Wildman–Crippen MR) is 125 cm³/mol. The quantitative estimate of drug-likeness (QED) is 0.611. The SMILES string of the molecule is Cc1cccc(C)c1NC(=O)CN1c2ccc(C(C)C)cc2-c2ccccc2S1(=O)=O. The molecule has 1 heterocycles. The lowest BCUT2D eigenvalue weighted by molar-refractivity contribution is -0.114. The molecule has 0 aromatic heterocycles. The third kappa shape index (κ3) is 3.72. The maximum atomic E-state index is 13.5. The molecule has 31 heavy (non-hydrogen) atoms. The summed E-state index contributed by atoms with van der Waals surface area (Å²) in [7, 11) is -3.86. The average Bonchev–Trinajstić information content (AvgIpc) is 2.73. The number of aryl methyl sites for hydroxylation is 2. The second kappa shape index (κ2) is 7.85. The Balaban J connectivity index is 1.77. The van der Waals surface area contributed by atoms with Gasteiger partial charge in [0.1, 0.15) is 6.54 Å². The monoisotopic (exact) mass is 434 g/mol. The molecule has 0 atom stereocenters.